The van der Waals surface area contributed by atoms with E-state index in [-0.39, 0.29) is 0 Å². The Bertz CT molecular complexity index is 641. The second-order valence-electron chi connectivity index (χ2n) is 3.92. The lowest BCUT2D eigenvalue weighted by Gasteiger charge is -1.98. The maximum absolute atomic E-state index is 4.34. The van der Waals surface area contributed by atoms with Crippen molar-refractivity contribution in [3.63, 3.8) is 0 Å². The molecule has 2 N–H and O–H groups in total. The molecule has 0 saturated heterocycles. The lowest BCUT2D eigenvalue weighted by molar-refractivity contribution is 1.32. The van der Waals surface area contributed by atoms with E-state index in [1.54, 1.807) is 6.20 Å². The molecule has 0 atom stereocenters. The first-order chi connectivity index (χ1) is 8.38. The number of hydrogen-bond acceptors (Lipinski definition) is 2. The fraction of sp³-hybridized carbons (Fsp3) is 0.0714. The van der Waals surface area contributed by atoms with Crippen LogP contribution in [0.2, 0.25) is 0 Å². The van der Waals surface area contributed by atoms with Crippen LogP contribution in [0.5, 0.6) is 0 Å². The maximum atomic E-state index is 4.34. The smallest absolute Gasteiger partial charge is 0.139 e. The van der Waals surface area contributed by atoms with Crippen LogP contribution in [0, 0.1) is 0 Å². The van der Waals surface area contributed by atoms with Crippen molar-refractivity contribution in [3.05, 3.63) is 48.7 Å². The summed E-state index contributed by atoms with van der Waals surface area (Å²) in [6.07, 6.45) is 1.80. The molecule has 3 nitrogen and oxygen atoms in total. The zero-order chi connectivity index (χ0) is 11.7. The Morgan fingerprint density at radius 1 is 1.12 bits per heavy atom. The van der Waals surface area contributed by atoms with Crippen LogP contribution in [-0.2, 0) is 0 Å². The Morgan fingerprint density at radius 2 is 1.94 bits per heavy atom. The molecule has 0 unspecified atom stereocenters. The number of pyridine rings is 1. The largest absolute Gasteiger partial charge is 0.387 e. The first-order valence-corrected chi connectivity index (χ1v) is 5.59. The second-order valence-corrected chi connectivity index (χ2v) is 3.92. The number of nitrogens with one attached hydrogen (secondary N) is 2. The highest BCUT2D eigenvalue weighted by molar-refractivity contribution is 5.93. The molecule has 3 heteroatoms. The molecule has 0 saturated carbocycles. The summed E-state index contributed by atoms with van der Waals surface area (Å²) in [5.41, 5.74) is 4.27. The van der Waals surface area contributed by atoms with E-state index < -0.39 is 0 Å². The van der Waals surface area contributed by atoms with Gasteiger partial charge in [-0.2, -0.15) is 0 Å². The molecular weight excluding hydrogens is 210 g/mol. The molecule has 2 aromatic heterocycles. The second kappa shape index (κ2) is 3.94. The van der Waals surface area contributed by atoms with E-state index in [1.165, 1.54) is 5.56 Å². The van der Waals surface area contributed by atoms with Crippen molar-refractivity contribution >= 4 is 16.7 Å². The van der Waals surface area contributed by atoms with Crippen molar-refractivity contribution in [1.82, 2.24) is 9.97 Å². The Morgan fingerprint density at radius 3 is 2.71 bits per heavy atom. The molecule has 3 aromatic rings. The third-order valence-corrected chi connectivity index (χ3v) is 2.89. The van der Waals surface area contributed by atoms with Gasteiger partial charge in [-0.25, -0.2) is 4.98 Å². The van der Waals surface area contributed by atoms with Crippen LogP contribution in [0.3, 0.4) is 0 Å². The van der Waals surface area contributed by atoms with Crippen LogP contribution in [0.1, 0.15) is 0 Å². The molecule has 0 amide bonds. The number of anilines is 1. The number of hydrogen-bond donors (Lipinski definition) is 2. The van der Waals surface area contributed by atoms with Gasteiger partial charge in [-0.1, -0.05) is 30.3 Å². The van der Waals surface area contributed by atoms with Crippen LogP contribution in [0.4, 0.5) is 5.69 Å². The first kappa shape index (κ1) is 9.90. The number of aromatic amines is 1. The third-order valence-electron chi connectivity index (χ3n) is 2.89. The molecule has 84 valence electrons. The maximum Gasteiger partial charge on any atom is 0.139 e. The molecule has 1 aromatic carbocycles. The molecular formula is C14H13N3. The van der Waals surface area contributed by atoms with E-state index in [0.717, 1.165) is 22.4 Å². The summed E-state index contributed by atoms with van der Waals surface area (Å²) in [6, 6.07) is 14.4. The van der Waals surface area contributed by atoms with Gasteiger partial charge in [0.05, 0.1) is 0 Å². The minimum absolute atomic E-state index is 0.913. The van der Waals surface area contributed by atoms with Crippen molar-refractivity contribution in [1.29, 1.82) is 0 Å². The fourth-order valence-electron chi connectivity index (χ4n) is 2.02. The van der Waals surface area contributed by atoms with Gasteiger partial charge >= 0.3 is 0 Å². The lowest BCUT2D eigenvalue weighted by atomic mass is 10.1. The Balaban J connectivity index is 2.20. The molecule has 0 radical (unpaired) electrons. The Kier molecular flexibility index (Phi) is 2.29. The van der Waals surface area contributed by atoms with Gasteiger partial charge in [-0.05, 0) is 17.7 Å². The van der Waals surface area contributed by atoms with E-state index in [1.807, 2.05) is 31.3 Å². The van der Waals surface area contributed by atoms with Crippen molar-refractivity contribution in [2.75, 3.05) is 12.4 Å². The van der Waals surface area contributed by atoms with E-state index >= 15 is 0 Å². The van der Waals surface area contributed by atoms with Crippen molar-refractivity contribution in [2.24, 2.45) is 0 Å². The molecule has 0 aliphatic heterocycles. The van der Waals surface area contributed by atoms with Gasteiger partial charge in [-0.3, -0.25) is 0 Å². The predicted molar refractivity (Wildman–Crippen MR) is 71.1 cm³/mol. The number of rotatable bonds is 2. The highest BCUT2D eigenvalue weighted by Crippen LogP contribution is 2.27. The van der Waals surface area contributed by atoms with Gasteiger partial charge in [-0.15, -0.1) is 0 Å². The molecule has 3 rings (SSSR count). The van der Waals surface area contributed by atoms with Crippen LogP contribution in [0.25, 0.3) is 22.3 Å². The summed E-state index contributed by atoms with van der Waals surface area (Å²) < 4.78 is 0. The minimum Gasteiger partial charge on any atom is -0.387 e. The molecule has 0 bridgehead atoms. The van der Waals surface area contributed by atoms with Gasteiger partial charge < -0.3 is 10.3 Å². The van der Waals surface area contributed by atoms with E-state index in [4.69, 9.17) is 0 Å². The molecule has 0 aliphatic rings. The predicted octanol–water partition coefficient (Wildman–Crippen LogP) is 3.27. The SMILES string of the molecule is CNc1ccnc2[nH]c(-c3ccccc3)cc12. The van der Waals surface area contributed by atoms with Gasteiger partial charge in [0.2, 0.25) is 0 Å². The quantitative estimate of drug-likeness (QED) is 0.700. The van der Waals surface area contributed by atoms with Crippen LogP contribution in [-0.4, -0.2) is 17.0 Å². The zero-order valence-corrected chi connectivity index (χ0v) is 9.57. The van der Waals surface area contributed by atoms with E-state index in [0.29, 0.717) is 0 Å². The van der Waals surface area contributed by atoms with E-state index in [9.17, 15) is 0 Å². The number of benzene rings is 1. The summed E-state index contributed by atoms with van der Waals surface area (Å²) in [5, 5.41) is 4.29. The van der Waals surface area contributed by atoms with E-state index in [2.05, 4.69) is 33.5 Å². The lowest BCUT2D eigenvalue weighted by Crippen LogP contribution is -1.88. The van der Waals surface area contributed by atoms with Crippen molar-refractivity contribution in [2.45, 2.75) is 0 Å². The van der Waals surface area contributed by atoms with Crippen LogP contribution >= 0.6 is 0 Å². The Labute approximate surface area is 99.5 Å². The average molecular weight is 223 g/mol. The summed E-state index contributed by atoms with van der Waals surface area (Å²) in [4.78, 5) is 7.68. The first-order valence-electron chi connectivity index (χ1n) is 5.59. The minimum atomic E-state index is 0.913. The van der Waals surface area contributed by atoms with Crippen molar-refractivity contribution < 1.29 is 0 Å². The van der Waals surface area contributed by atoms with Gasteiger partial charge in [0.25, 0.3) is 0 Å². The highest BCUT2D eigenvalue weighted by atomic mass is 14.9. The summed E-state index contributed by atoms with van der Waals surface area (Å²) in [5.74, 6) is 0. The number of aromatic nitrogens is 2. The Hall–Kier alpha value is -2.29. The highest BCUT2D eigenvalue weighted by Gasteiger charge is 2.06. The third kappa shape index (κ3) is 1.65. The average Bonchev–Trinajstić information content (AvgIpc) is 2.83. The van der Waals surface area contributed by atoms with Gasteiger partial charge in [0.15, 0.2) is 0 Å². The fourth-order valence-corrected chi connectivity index (χ4v) is 2.02. The summed E-state index contributed by atoms with van der Waals surface area (Å²) in [6.45, 7) is 0. The summed E-state index contributed by atoms with van der Waals surface area (Å²) >= 11 is 0. The number of nitrogens with zero attached hydrogens (tertiary/aromatic N) is 1. The summed E-state index contributed by atoms with van der Waals surface area (Å²) in [7, 11) is 1.92. The standard InChI is InChI=1S/C14H13N3/c1-15-12-7-8-16-14-11(12)9-13(17-14)10-5-3-2-4-6-10/h2-9H,1H3,(H2,15,16,17). The number of fused-ring (bicyclic) bond motifs is 1. The molecule has 0 fully saturated rings. The van der Waals surface area contributed by atoms with Gasteiger partial charge in [0, 0.05) is 30.0 Å². The zero-order valence-electron chi connectivity index (χ0n) is 9.57. The number of H-pyrrole nitrogens is 1. The molecule has 17 heavy (non-hydrogen) atoms. The van der Waals surface area contributed by atoms with Gasteiger partial charge in [0.1, 0.15) is 5.65 Å². The normalized spacial score (nSPS) is 10.6. The van der Waals surface area contributed by atoms with Crippen LogP contribution < -0.4 is 5.32 Å². The molecule has 0 aliphatic carbocycles. The topological polar surface area (TPSA) is 40.7 Å². The van der Waals surface area contributed by atoms with Crippen molar-refractivity contribution in [3.8, 4) is 11.3 Å². The van der Waals surface area contributed by atoms with Crippen LogP contribution in [0.15, 0.2) is 48.7 Å². The monoisotopic (exact) mass is 223 g/mol. The molecule has 2 heterocycles. The molecule has 0 spiro atoms.